The maximum Gasteiger partial charge on any atom is 0.190 e. The molecule has 0 aromatic heterocycles. The predicted octanol–water partition coefficient (Wildman–Crippen LogP) is 1.43. The normalized spacial score (nSPS) is 11.7. The van der Waals surface area contributed by atoms with Crippen LogP contribution in [0.25, 0.3) is 0 Å². The van der Waals surface area contributed by atoms with Gasteiger partial charge in [-0.2, -0.15) is 0 Å². The Morgan fingerprint density at radius 2 is 2.06 bits per heavy atom. The number of aliphatic imine (C=N–C) groups is 1. The van der Waals surface area contributed by atoms with Gasteiger partial charge in [-0.3, -0.25) is 4.99 Å². The van der Waals surface area contributed by atoms with Crippen molar-refractivity contribution < 1.29 is 0 Å². The van der Waals surface area contributed by atoms with Gasteiger partial charge in [0.2, 0.25) is 0 Å². The standard InChI is InChI=1S/C14H24N4/c1-5-18(4)11-13-8-6-7-12(9-13)10-17-14(15-2)16-3/h6-9H,5,10-11H2,1-4H3,(H2,15,16,17). The van der Waals surface area contributed by atoms with Crippen molar-refractivity contribution in [3.05, 3.63) is 35.4 Å². The number of hydrogen-bond donors (Lipinski definition) is 2. The van der Waals surface area contributed by atoms with Crippen LogP contribution in [-0.2, 0) is 13.1 Å². The Morgan fingerprint density at radius 3 is 2.67 bits per heavy atom. The summed E-state index contributed by atoms with van der Waals surface area (Å²) in [4.78, 5) is 6.38. The fourth-order valence-electron chi connectivity index (χ4n) is 1.73. The molecule has 0 aliphatic heterocycles. The molecule has 0 bridgehead atoms. The molecule has 0 amide bonds. The molecule has 0 aliphatic carbocycles. The van der Waals surface area contributed by atoms with Crippen LogP contribution in [0.3, 0.4) is 0 Å². The number of nitrogens with one attached hydrogen (secondary N) is 2. The molecule has 1 rings (SSSR count). The van der Waals surface area contributed by atoms with Crippen molar-refractivity contribution >= 4 is 5.96 Å². The highest BCUT2D eigenvalue weighted by Gasteiger charge is 2.00. The molecule has 1 aromatic rings. The van der Waals surface area contributed by atoms with E-state index in [9.17, 15) is 0 Å². The van der Waals surface area contributed by atoms with Crippen LogP contribution in [0.15, 0.2) is 29.3 Å². The Hall–Kier alpha value is -1.55. The van der Waals surface area contributed by atoms with Crippen molar-refractivity contribution in [2.24, 2.45) is 4.99 Å². The summed E-state index contributed by atoms with van der Waals surface area (Å²) in [5.41, 5.74) is 2.62. The predicted molar refractivity (Wildman–Crippen MR) is 77.7 cm³/mol. The van der Waals surface area contributed by atoms with Crippen LogP contribution in [-0.4, -0.2) is 38.5 Å². The van der Waals surface area contributed by atoms with E-state index in [4.69, 9.17) is 0 Å². The van der Waals surface area contributed by atoms with Gasteiger partial charge in [0.1, 0.15) is 0 Å². The summed E-state index contributed by atoms with van der Waals surface area (Å²) in [5, 5.41) is 6.26. The lowest BCUT2D eigenvalue weighted by molar-refractivity contribution is 0.345. The average molecular weight is 248 g/mol. The van der Waals surface area contributed by atoms with Crippen LogP contribution in [0.1, 0.15) is 18.1 Å². The maximum absolute atomic E-state index is 4.09. The van der Waals surface area contributed by atoms with Crippen LogP contribution in [0.4, 0.5) is 0 Å². The molecule has 0 aliphatic rings. The Kier molecular flexibility index (Phi) is 6.22. The molecule has 0 saturated heterocycles. The highest BCUT2D eigenvalue weighted by atomic mass is 15.1. The number of hydrogen-bond acceptors (Lipinski definition) is 2. The van der Waals surface area contributed by atoms with Crippen LogP contribution >= 0.6 is 0 Å². The van der Waals surface area contributed by atoms with E-state index < -0.39 is 0 Å². The summed E-state index contributed by atoms with van der Waals surface area (Å²) in [7, 11) is 5.77. The van der Waals surface area contributed by atoms with Gasteiger partial charge in [-0.25, -0.2) is 0 Å². The summed E-state index contributed by atoms with van der Waals surface area (Å²) in [6.45, 7) is 5.01. The smallest absolute Gasteiger partial charge is 0.190 e. The Balaban J connectivity index is 2.59. The first kappa shape index (κ1) is 14.5. The highest BCUT2D eigenvalue weighted by molar-refractivity contribution is 5.79. The quantitative estimate of drug-likeness (QED) is 0.612. The third-order valence-corrected chi connectivity index (χ3v) is 2.90. The van der Waals surface area contributed by atoms with Crippen LogP contribution < -0.4 is 10.6 Å². The van der Waals surface area contributed by atoms with Gasteiger partial charge in [-0.1, -0.05) is 31.2 Å². The topological polar surface area (TPSA) is 39.7 Å². The van der Waals surface area contributed by atoms with Gasteiger partial charge in [0, 0.05) is 27.2 Å². The number of rotatable bonds is 5. The molecule has 4 nitrogen and oxygen atoms in total. The molecular formula is C14H24N4. The molecule has 0 saturated carbocycles. The molecule has 0 fully saturated rings. The van der Waals surface area contributed by atoms with Crippen molar-refractivity contribution in [2.45, 2.75) is 20.0 Å². The second-order valence-electron chi connectivity index (χ2n) is 4.33. The molecule has 18 heavy (non-hydrogen) atoms. The largest absolute Gasteiger partial charge is 0.359 e. The van der Waals surface area contributed by atoms with Crippen molar-refractivity contribution in [1.82, 2.24) is 15.5 Å². The summed E-state index contributed by atoms with van der Waals surface area (Å²) in [6, 6.07) is 8.65. The molecule has 0 spiro atoms. The Bertz CT molecular complexity index is 387. The third-order valence-electron chi connectivity index (χ3n) is 2.90. The monoisotopic (exact) mass is 248 g/mol. The van der Waals surface area contributed by atoms with Gasteiger partial charge in [-0.05, 0) is 24.7 Å². The molecule has 100 valence electrons. The summed E-state index contributed by atoms with van der Waals surface area (Å²) < 4.78 is 0. The maximum atomic E-state index is 4.09. The van der Waals surface area contributed by atoms with E-state index in [1.807, 2.05) is 7.05 Å². The summed E-state index contributed by atoms with van der Waals surface area (Å²) >= 11 is 0. The van der Waals surface area contributed by atoms with E-state index in [1.54, 1.807) is 7.05 Å². The summed E-state index contributed by atoms with van der Waals surface area (Å²) in [5.74, 6) is 0.811. The zero-order chi connectivity index (χ0) is 13.4. The molecule has 0 radical (unpaired) electrons. The van der Waals surface area contributed by atoms with E-state index >= 15 is 0 Å². The minimum Gasteiger partial charge on any atom is -0.359 e. The van der Waals surface area contributed by atoms with Gasteiger partial charge in [0.15, 0.2) is 5.96 Å². The van der Waals surface area contributed by atoms with Crippen LogP contribution in [0.5, 0.6) is 0 Å². The average Bonchev–Trinajstić information content (AvgIpc) is 2.40. The first-order chi connectivity index (χ1) is 8.69. The fourth-order valence-corrected chi connectivity index (χ4v) is 1.73. The van der Waals surface area contributed by atoms with Gasteiger partial charge in [0.05, 0.1) is 0 Å². The van der Waals surface area contributed by atoms with Crippen molar-refractivity contribution in [1.29, 1.82) is 0 Å². The van der Waals surface area contributed by atoms with E-state index in [-0.39, 0.29) is 0 Å². The third kappa shape index (κ3) is 4.75. The van der Waals surface area contributed by atoms with Gasteiger partial charge < -0.3 is 15.5 Å². The van der Waals surface area contributed by atoms with Gasteiger partial charge in [0.25, 0.3) is 0 Å². The molecule has 2 N–H and O–H groups in total. The zero-order valence-electron chi connectivity index (χ0n) is 11.8. The van der Waals surface area contributed by atoms with Crippen molar-refractivity contribution in [2.75, 3.05) is 27.7 Å². The van der Waals surface area contributed by atoms with Crippen LogP contribution in [0, 0.1) is 0 Å². The first-order valence-electron chi connectivity index (χ1n) is 6.34. The van der Waals surface area contributed by atoms with E-state index in [1.165, 1.54) is 11.1 Å². The second-order valence-corrected chi connectivity index (χ2v) is 4.33. The number of benzene rings is 1. The minimum absolute atomic E-state index is 0.789. The van der Waals surface area contributed by atoms with E-state index in [2.05, 4.69) is 58.8 Å². The summed E-state index contributed by atoms with van der Waals surface area (Å²) in [6.07, 6.45) is 0. The minimum atomic E-state index is 0.789. The van der Waals surface area contributed by atoms with E-state index in [0.717, 1.165) is 25.6 Å². The fraction of sp³-hybridized carbons (Fsp3) is 0.500. The lowest BCUT2D eigenvalue weighted by atomic mass is 10.1. The molecule has 0 heterocycles. The van der Waals surface area contributed by atoms with E-state index in [0.29, 0.717) is 0 Å². The van der Waals surface area contributed by atoms with Crippen molar-refractivity contribution in [3.8, 4) is 0 Å². The Morgan fingerprint density at radius 1 is 1.33 bits per heavy atom. The van der Waals surface area contributed by atoms with Gasteiger partial charge >= 0.3 is 0 Å². The molecule has 4 heteroatoms. The first-order valence-corrected chi connectivity index (χ1v) is 6.34. The Labute approximate surface area is 110 Å². The lowest BCUT2D eigenvalue weighted by Crippen LogP contribution is -2.34. The number of nitrogens with zero attached hydrogens (tertiary/aromatic N) is 2. The second kappa shape index (κ2) is 7.71. The lowest BCUT2D eigenvalue weighted by Gasteiger charge is -2.15. The molecular weight excluding hydrogens is 224 g/mol. The highest BCUT2D eigenvalue weighted by Crippen LogP contribution is 2.07. The number of guanidine groups is 1. The van der Waals surface area contributed by atoms with Gasteiger partial charge in [-0.15, -0.1) is 0 Å². The SMILES string of the molecule is CCN(C)Cc1cccc(CNC(=NC)NC)c1. The van der Waals surface area contributed by atoms with Crippen LogP contribution in [0.2, 0.25) is 0 Å². The zero-order valence-corrected chi connectivity index (χ0v) is 11.8. The molecule has 0 unspecified atom stereocenters. The molecule has 0 atom stereocenters. The van der Waals surface area contributed by atoms with Crippen molar-refractivity contribution in [3.63, 3.8) is 0 Å². The molecule has 1 aromatic carbocycles.